The fourth-order valence-electron chi connectivity index (χ4n) is 2.65. The molecule has 28 heavy (non-hydrogen) atoms. The highest BCUT2D eigenvalue weighted by molar-refractivity contribution is 9.10. The zero-order valence-corrected chi connectivity index (χ0v) is 19.7. The van der Waals surface area contributed by atoms with Crippen LogP contribution in [0.5, 0.6) is 0 Å². The van der Waals surface area contributed by atoms with Gasteiger partial charge in [-0.2, -0.15) is 0 Å². The lowest BCUT2D eigenvalue weighted by molar-refractivity contribution is 0.00578. The molecule has 2 rings (SSSR count). The molecule has 1 heterocycles. The quantitative estimate of drug-likeness (QED) is 0.631. The molecule has 0 atom stereocenters. The van der Waals surface area contributed by atoms with Crippen LogP contribution in [0.25, 0.3) is 6.08 Å². The Labute approximate surface area is 177 Å². The van der Waals surface area contributed by atoms with Gasteiger partial charge < -0.3 is 19.4 Å². The molecule has 0 aliphatic carbocycles. The van der Waals surface area contributed by atoms with Gasteiger partial charge in [0.25, 0.3) is 0 Å². The van der Waals surface area contributed by atoms with Gasteiger partial charge in [0, 0.05) is 11.0 Å². The Morgan fingerprint density at radius 2 is 1.79 bits per heavy atom. The fourth-order valence-corrected chi connectivity index (χ4v) is 3.03. The van der Waals surface area contributed by atoms with Gasteiger partial charge in [0.1, 0.15) is 5.60 Å². The first kappa shape index (κ1) is 23.0. The molecule has 1 aliphatic heterocycles. The third-order valence-corrected chi connectivity index (χ3v) is 5.47. The number of halogens is 1. The van der Waals surface area contributed by atoms with Gasteiger partial charge in [0.15, 0.2) is 0 Å². The van der Waals surface area contributed by atoms with Gasteiger partial charge in [-0.15, -0.1) is 0 Å². The molecule has 0 spiro atoms. The fraction of sp³-hybridized carbons (Fsp3) is 0.571. The molecule has 1 aliphatic rings. The molecule has 0 bridgehead atoms. The van der Waals surface area contributed by atoms with Gasteiger partial charge in [-0.1, -0.05) is 28.1 Å². The summed E-state index contributed by atoms with van der Waals surface area (Å²) in [6.45, 7) is 15.9. The number of carbonyl (C=O) groups is 1. The molecule has 1 amide bonds. The predicted octanol–water partition coefficient (Wildman–Crippen LogP) is 5.30. The summed E-state index contributed by atoms with van der Waals surface area (Å²) in [7, 11) is -0.557. The zero-order chi connectivity index (χ0) is 21.3. The van der Waals surface area contributed by atoms with E-state index >= 15 is 0 Å². The highest BCUT2D eigenvalue weighted by atomic mass is 79.9. The first-order valence-electron chi connectivity index (χ1n) is 9.49. The second-order valence-corrected chi connectivity index (χ2v) is 10.1. The van der Waals surface area contributed by atoms with Crippen molar-refractivity contribution in [2.75, 3.05) is 6.54 Å². The summed E-state index contributed by atoms with van der Waals surface area (Å²) in [5, 5.41) is 2.82. The Hall–Kier alpha value is -1.31. The molecule has 1 fully saturated rings. The van der Waals surface area contributed by atoms with E-state index in [0.29, 0.717) is 0 Å². The van der Waals surface area contributed by atoms with E-state index in [4.69, 9.17) is 14.0 Å². The summed E-state index contributed by atoms with van der Waals surface area (Å²) in [5.41, 5.74) is 1.49. The lowest BCUT2D eigenvalue weighted by atomic mass is 9.76. The number of rotatable bonds is 4. The van der Waals surface area contributed by atoms with Crippen LogP contribution >= 0.6 is 15.9 Å². The van der Waals surface area contributed by atoms with Crippen molar-refractivity contribution in [3.63, 3.8) is 0 Å². The van der Waals surface area contributed by atoms with Crippen molar-refractivity contribution in [1.29, 1.82) is 0 Å². The second-order valence-electron chi connectivity index (χ2n) is 9.16. The molecule has 7 heteroatoms. The number of hydrogen-bond acceptors (Lipinski definition) is 4. The third-order valence-electron chi connectivity index (χ3n) is 4.97. The minimum absolute atomic E-state index is 0.262. The van der Waals surface area contributed by atoms with Gasteiger partial charge in [0.2, 0.25) is 0 Å². The van der Waals surface area contributed by atoms with Crippen LogP contribution in [0, 0.1) is 6.92 Å². The molecule has 1 saturated heterocycles. The SMILES string of the molecule is Cc1ccc(Br)cc1C=C(CNC(=O)OC(C)(C)C)B1OC(C)(C)C(C)(C)O1. The van der Waals surface area contributed by atoms with E-state index < -0.39 is 30.0 Å². The van der Waals surface area contributed by atoms with Crippen molar-refractivity contribution >= 4 is 35.2 Å². The van der Waals surface area contributed by atoms with Crippen LogP contribution in [0.3, 0.4) is 0 Å². The highest BCUT2D eigenvalue weighted by Crippen LogP contribution is 2.39. The van der Waals surface area contributed by atoms with E-state index in [1.54, 1.807) is 0 Å². The summed E-state index contributed by atoms with van der Waals surface area (Å²) >= 11 is 3.52. The maximum atomic E-state index is 12.2. The molecular formula is C21H31BBrNO4. The highest BCUT2D eigenvalue weighted by Gasteiger charge is 2.52. The molecule has 0 unspecified atom stereocenters. The molecule has 1 N–H and O–H groups in total. The van der Waals surface area contributed by atoms with E-state index in [0.717, 1.165) is 21.1 Å². The number of nitrogens with one attached hydrogen (secondary N) is 1. The maximum absolute atomic E-state index is 12.2. The molecule has 1 aromatic carbocycles. The molecule has 1 aromatic rings. The van der Waals surface area contributed by atoms with Crippen molar-refractivity contribution in [2.45, 2.75) is 72.2 Å². The van der Waals surface area contributed by atoms with E-state index in [-0.39, 0.29) is 6.54 Å². The molecule has 154 valence electrons. The molecular weight excluding hydrogens is 421 g/mol. The topological polar surface area (TPSA) is 56.8 Å². The average molecular weight is 452 g/mol. The second kappa shape index (κ2) is 8.21. The average Bonchev–Trinajstić information content (AvgIpc) is 2.73. The van der Waals surface area contributed by atoms with Crippen LogP contribution in [0.4, 0.5) is 4.79 Å². The number of ether oxygens (including phenoxy) is 1. The smallest absolute Gasteiger partial charge is 0.444 e. The summed E-state index contributed by atoms with van der Waals surface area (Å²) in [6, 6.07) is 6.08. The van der Waals surface area contributed by atoms with E-state index in [9.17, 15) is 4.79 Å². The largest absolute Gasteiger partial charge is 0.492 e. The molecule has 0 aromatic heterocycles. The van der Waals surface area contributed by atoms with Gasteiger partial charge in [-0.05, 0) is 84.1 Å². The van der Waals surface area contributed by atoms with Gasteiger partial charge in [0.05, 0.1) is 11.2 Å². The molecule has 0 saturated carbocycles. The van der Waals surface area contributed by atoms with Crippen LogP contribution in [-0.4, -0.2) is 36.6 Å². The van der Waals surface area contributed by atoms with Crippen molar-refractivity contribution in [2.24, 2.45) is 0 Å². The number of amides is 1. The van der Waals surface area contributed by atoms with Crippen molar-refractivity contribution in [3.05, 3.63) is 39.3 Å². The van der Waals surface area contributed by atoms with E-state index in [1.165, 1.54) is 0 Å². The van der Waals surface area contributed by atoms with Crippen LogP contribution < -0.4 is 5.32 Å². The Balaban J connectivity index is 2.30. The summed E-state index contributed by atoms with van der Waals surface area (Å²) in [5.74, 6) is 0. The Morgan fingerprint density at radius 3 is 2.32 bits per heavy atom. The van der Waals surface area contributed by atoms with Gasteiger partial charge >= 0.3 is 13.2 Å². The zero-order valence-electron chi connectivity index (χ0n) is 18.1. The van der Waals surface area contributed by atoms with Crippen LogP contribution in [0.2, 0.25) is 0 Å². The number of carbonyl (C=O) groups excluding carboxylic acids is 1. The summed E-state index contributed by atoms with van der Waals surface area (Å²) < 4.78 is 18.8. The monoisotopic (exact) mass is 451 g/mol. The minimum Gasteiger partial charge on any atom is -0.444 e. The van der Waals surface area contributed by atoms with Crippen LogP contribution in [0.1, 0.15) is 59.6 Å². The Bertz CT molecular complexity index is 752. The number of benzene rings is 1. The normalized spacial score (nSPS) is 18.9. The van der Waals surface area contributed by atoms with Crippen molar-refractivity contribution < 1.29 is 18.8 Å². The standard InChI is InChI=1S/C21H31BBrNO4/c1-14-9-10-17(23)12-15(14)11-16(13-24-18(25)26-19(2,3)4)22-27-20(5,6)21(7,8)28-22/h9-12H,13H2,1-8H3,(H,24,25). The first-order valence-corrected chi connectivity index (χ1v) is 10.3. The minimum atomic E-state index is -0.557. The Morgan fingerprint density at radius 1 is 1.21 bits per heavy atom. The predicted molar refractivity (Wildman–Crippen MR) is 117 cm³/mol. The van der Waals surface area contributed by atoms with Crippen LogP contribution in [-0.2, 0) is 14.0 Å². The third kappa shape index (κ3) is 5.85. The molecule has 5 nitrogen and oxygen atoms in total. The number of aryl methyl sites for hydroxylation is 1. The lowest BCUT2D eigenvalue weighted by Crippen LogP contribution is -2.41. The Kier molecular flexibility index (Phi) is 6.74. The number of alkyl carbamates (subject to hydrolysis) is 1. The van der Waals surface area contributed by atoms with E-state index in [2.05, 4.69) is 21.2 Å². The van der Waals surface area contributed by atoms with Crippen molar-refractivity contribution in [1.82, 2.24) is 5.32 Å². The maximum Gasteiger partial charge on any atom is 0.492 e. The summed E-state index contributed by atoms with van der Waals surface area (Å²) in [4.78, 5) is 12.2. The van der Waals surface area contributed by atoms with Gasteiger partial charge in [-0.3, -0.25) is 0 Å². The van der Waals surface area contributed by atoms with Crippen LogP contribution in [0.15, 0.2) is 28.1 Å². The first-order chi connectivity index (χ1) is 12.7. The van der Waals surface area contributed by atoms with E-state index in [1.807, 2.05) is 79.7 Å². The lowest BCUT2D eigenvalue weighted by Gasteiger charge is -2.32. The van der Waals surface area contributed by atoms with Gasteiger partial charge in [-0.25, -0.2) is 4.79 Å². The number of hydrogen-bond donors (Lipinski definition) is 1. The molecule has 0 radical (unpaired) electrons. The van der Waals surface area contributed by atoms with Crippen molar-refractivity contribution in [3.8, 4) is 0 Å². The summed E-state index contributed by atoms with van der Waals surface area (Å²) in [6.07, 6.45) is 1.54.